The zero-order chi connectivity index (χ0) is 17.4. The zero-order valence-corrected chi connectivity index (χ0v) is 15.4. The van der Waals surface area contributed by atoms with Crippen molar-refractivity contribution in [3.05, 3.63) is 64.0 Å². The standard InChI is InChI=1S/C19H16N2O2S2/c1-12(17-9-13-5-3-4-6-16(13)23-17)21(2)19(22)15-11-25-18(20-15)14-7-8-24-10-14/h3-12H,1-2H3. The first-order chi connectivity index (χ1) is 12.1. The van der Waals surface area contributed by atoms with Crippen molar-refractivity contribution >= 4 is 39.5 Å². The molecular weight excluding hydrogens is 352 g/mol. The first-order valence-corrected chi connectivity index (χ1v) is 9.69. The van der Waals surface area contributed by atoms with E-state index in [1.54, 1.807) is 23.3 Å². The van der Waals surface area contributed by atoms with E-state index in [0.717, 1.165) is 27.3 Å². The predicted molar refractivity (Wildman–Crippen MR) is 102 cm³/mol. The van der Waals surface area contributed by atoms with Crippen molar-refractivity contribution in [1.29, 1.82) is 0 Å². The number of carbonyl (C=O) groups is 1. The van der Waals surface area contributed by atoms with Gasteiger partial charge >= 0.3 is 0 Å². The van der Waals surface area contributed by atoms with Crippen molar-refractivity contribution in [1.82, 2.24) is 9.88 Å². The number of rotatable bonds is 4. The van der Waals surface area contributed by atoms with Gasteiger partial charge in [0.05, 0.1) is 6.04 Å². The average molecular weight is 368 g/mol. The average Bonchev–Trinajstić information content (AvgIpc) is 3.38. The number of nitrogens with zero attached hydrogens (tertiary/aromatic N) is 2. The Kier molecular flexibility index (Phi) is 4.15. The second kappa shape index (κ2) is 6.46. The summed E-state index contributed by atoms with van der Waals surface area (Å²) in [6.07, 6.45) is 0. The second-order valence-corrected chi connectivity index (χ2v) is 7.47. The number of benzene rings is 1. The van der Waals surface area contributed by atoms with Crippen LogP contribution in [0.1, 0.15) is 29.2 Å². The fraction of sp³-hybridized carbons (Fsp3) is 0.158. The van der Waals surface area contributed by atoms with Gasteiger partial charge in [-0.15, -0.1) is 11.3 Å². The van der Waals surface area contributed by atoms with Crippen LogP contribution < -0.4 is 0 Å². The minimum Gasteiger partial charge on any atom is -0.459 e. The number of fused-ring (bicyclic) bond motifs is 1. The summed E-state index contributed by atoms with van der Waals surface area (Å²) in [6, 6.07) is 11.7. The van der Waals surface area contributed by atoms with E-state index >= 15 is 0 Å². The Bertz CT molecular complexity index is 984. The molecule has 0 bridgehead atoms. The van der Waals surface area contributed by atoms with Crippen molar-refractivity contribution in [3.63, 3.8) is 0 Å². The number of amides is 1. The lowest BCUT2D eigenvalue weighted by Crippen LogP contribution is -2.29. The predicted octanol–water partition coefficient (Wildman–Crippen LogP) is 5.45. The molecule has 0 radical (unpaired) electrons. The molecule has 0 aliphatic carbocycles. The first-order valence-electron chi connectivity index (χ1n) is 7.87. The summed E-state index contributed by atoms with van der Waals surface area (Å²) in [5.41, 5.74) is 2.36. The maximum absolute atomic E-state index is 12.8. The largest absolute Gasteiger partial charge is 0.459 e. The highest BCUT2D eigenvalue weighted by atomic mass is 32.1. The van der Waals surface area contributed by atoms with Crippen LogP contribution in [0.2, 0.25) is 0 Å². The number of furan rings is 1. The van der Waals surface area contributed by atoms with E-state index in [4.69, 9.17) is 4.42 Å². The number of carbonyl (C=O) groups excluding carboxylic acids is 1. The third-order valence-electron chi connectivity index (χ3n) is 4.25. The molecule has 0 fully saturated rings. The van der Waals surface area contributed by atoms with Crippen LogP contribution in [0.3, 0.4) is 0 Å². The van der Waals surface area contributed by atoms with Gasteiger partial charge < -0.3 is 9.32 Å². The first kappa shape index (κ1) is 16.1. The van der Waals surface area contributed by atoms with E-state index in [1.807, 2.05) is 59.5 Å². The number of thiazole rings is 1. The number of thiophene rings is 1. The third-order valence-corrected chi connectivity index (χ3v) is 5.82. The number of hydrogen-bond acceptors (Lipinski definition) is 5. The van der Waals surface area contributed by atoms with Gasteiger partial charge in [-0.1, -0.05) is 18.2 Å². The van der Waals surface area contributed by atoms with Gasteiger partial charge in [0, 0.05) is 28.8 Å². The van der Waals surface area contributed by atoms with E-state index < -0.39 is 0 Å². The van der Waals surface area contributed by atoms with Gasteiger partial charge in [0.25, 0.3) is 5.91 Å². The molecule has 1 amide bonds. The van der Waals surface area contributed by atoms with Gasteiger partial charge in [-0.05, 0) is 30.5 Å². The molecule has 1 atom stereocenters. The fourth-order valence-electron chi connectivity index (χ4n) is 2.65. The molecule has 1 aromatic carbocycles. The lowest BCUT2D eigenvalue weighted by Gasteiger charge is -2.22. The summed E-state index contributed by atoms with van der Waals surface area (Å²) < 4.78 is 5.89. The summed E-state index contributed by atoms with van der Waals surface area (Å²) >= 11 is 3.11. The molecule has 0 aliphatic heterocycles. The van der Waals surface area contributed by atoms with E-state index in [0.29, 0.717) is 5.69 Å². The second-order valence-electron chi connectivity index (χ2n) is 5.83. The molecule has 4 nitrogen and oxygen atoms in total. The van der Waals surface area contributed by atoms with Crippen LogP contribution in [0, 0.1) is 0 Å². The monoisotopic (exact) mass is 368 g/mol. The van der Waals surface area contributed by atoms with Crippen molar-refractivity contribution in [2.75, 3.05) is 7.05 Å². The van der Waals surface area contributed by atoms with E-state index in [-0.39, 0.29) is 11.9 Å². The van der Waals surface area contributed by atoms with Crippen LogP contribution in [-0.4, -0.2) is 22.8 Å². The summed E-state index contributed by atoms with van der Waals surface area (Å²) in [5, 5.41) is 7.77. The van der Waals surface area contributed by atoms with E-state index in [2.05, 4.69) is 4.98 Å². The van der Waals surface area contributed by atoms with Gasteiger partial charge in [-0.2, -0.15) is 11.3 Å². The summed E-state index contributed by atoms with van der Waals surface area (Å²) in [6.45, 7) is 1.96. The molecule has 25 heavy (non-hydrogen) atoms. The van der Waals surface area contributed by atoms with Gasteiger partial charge in [0.2, 0.25) is 0 Å². The molecular formula is C19H16N2O2S2. The number of aromatic nitrogens is 1. The van der Waals surface area contributed by atoms with Crippen LogP contribution in [0.5, 0.6) is 0 Å². The van der Waals surface area contributed by atoms with E-state index in [1.165, 1.54) is 11.3 Å². The molecule has 0 saturated carbocycles. The van der Waals surface area contributed by atoms with Crippen LogP contribution in [-0.2, 0) is 0 Å². The van der Waals surface area contributed by atoms with Crippen LogP contribution in [0.4, 0.5) is 0 Å². The summed E-state index contributed by atoms with van der Waals surface area (Å²) in [4.78, 5) is 19.0. The minimum absolute atomic E-state index is 0.106. The SMILES string of the molecule is CC(c1cc2ccccc2o1)N(C)C(=O)c1csc(-c2ccsc2)n1. The fourth-order valence-corrected chi connectivity index (χ4v) is 4.15. The van der Waals surface area contributed by atoms with Crippen molar-refractivity contribution in [2.45, 2.75) is 13.0 Å². The highest BCUT2D eigenvalue weighted by Gasteiger charge is 2.24. The van der Waals surface area contributed by atoms with Crippen LogP contribution in [0.15, 0.2) is 57.0 Å². The van der Waals surface area contributed by atoms with Gasteiger partial charge in [-0.25, -0.2) is 4.98 Å². The quantitative estimate of drug-likeness (QED) is 0.481. The summed E-state index contributed by atoms with van der Waals surface area (Å²) in [5.74, 6) is 0.663. The molecule has 0 N–H and O–H groups in total. The highest BCUT2D eigenvalue weighted by molar-refractivity contribution is 7.14. The molecule has 0 saturated heterocycles. The summed E-state index contributed by atoms with van der Waals surface area (Å²) in [7, 11) is 1.78. The maximum atomic E-state index is 12.8. The molecule has 1 unspecified atom stereocenters. The van der Waals surface area contributed by atoms with Gasteiger partial charge in [0.15, 0.2) is 0 Å². The molecule has 3 aromatic heterocycles. The lowest BCUT2D eigenvalue weighted by molar-refractivity contribution is 0.0722. The topological polar surface area (TPSA) is 46.3 Å². The lowest BCUT2D eigenvalue weighted by atomic mass is 10.2. The smallest absolute Gasteiger partial charge is 0.273 e. The third kappa shape index (κ3) is 2.99. The molecule has 3 heterocycles. The Labute approximate surface area is 153 Å². The Morgan fingerprint density at radius 1 is 1.24 bits per heavy atom. The molecule has 0 spiro atoms. The van der Waals surface area contributed by atoms with Gasteiger partial charge in [-0.3, -0.25) is 4.79 Å². The van der Waals surface area contributed by atoms with Crippen molar-refractivity contribution < 1.29 is 9.21 Å². The Hall–Kier alpha value is -2.44. The molecule has 4 rings (SSSR count). The Morgan fingerprint density at radius 3 is 2.84 bits per heavy atom. The zero-order valence-electron chi connectivity index (χ0n) is 13.8. The Morgan fingerprint density at radius 2 is 2.08 bits per heavy atom. The molecule has 4 aromatic rings. The van der Waals surface area contributed by atoms with E-state index in [9.17, 15) is 4.79 Å². The highest BCUT2D eigenvalue weighted by Crippen LogP contribution is 2.29. The Balaban J connectivity index is 1.57. The molecule has 126 valence electrons. The maximum Gasteiger partial charge on any atom is 0.273 e. The number of hydrogen-bond donors (Lipinski definition) is 0. The minimum atomic E-state index is -0.175. The number of para-hydroxylation sites is 1. The van der Waals surface area contributed by atoms with Crippen molar-refractivity contribution in [2.24, 2.45) is 0 Å². The van der Waals surface area contributed by atoms with Crippen LogP contribution in [0.25, 0.3) is 21.5 Å². The molecule has 6 heteroatoms. The van der Waals surface area contributed by atoms with Crippen molar-refractivity contribution in [3.8, 4) is 10.6 Å². The van der Waals surface area contributed by atoms with Gasteiger partial charge in [0.1, 0.15) is 22.0 Å². The molecule has 0 aliphatic rings. The normalized spacial score (nSPS) is 12.4. The van der Waals surface area contributed by atoms with Crippen LogP contribution >= 0.6 is 22.7 Å².